The van der Waals surface area contributed by atoms with Gasteiger partial charge in [-0.05, 0) is 38.8 Å². The van der Waals surface area contributed by atoms with Crippen LogP contribution in [0.5, 0.6) is 0 Å². The van der Waals surface area contributed by atoms with Gasteiger partial charge in [-0.15, -0.1) is 0 Å². The number of rotatable bonds is 3. The Bertz CT molecular complexity index is 444. The summed E-state index contributed by atoms with van der Waals surface area (Å²) in [6.45, 7) is 5.53. The monoisotopic (exact) mass is 231 g/mol. The molecule has 2 heterocycles. The van der Waals surface area contributed by atoms with Gasteiger partial charge in [0.05, 0.1) is 11.2 Å². The molecule has 0 radical (unpaired) electrons. The average molecular weight is 231 g/mol. The molecule has 1 aromatic heterocycles. The fourth-order valence-corrected chi connectivity index (χ4v) is 2.03. The Morgan fingerprint density at radius 1 is 1.59 bits per heavy atom. The number of aromatic nitrogens is 1. The summed E-state index contributed by atoms with van der Waals surface area (Å²) in [5, 5.41) is 12.2. The van der Waals surface area contributed by atoms with Crippen molar-refractivity contribution in [2.75, 3.05) is 18.5 Å². The number of pyridine rings is 1. The van der Waals surface area contributed by atoms with Gasteiger partial charge in [0.15, 0.2) is 0 Å². The van der Waals surface area contributed by atoms with E-state index in [0.717, 1.165) is 25.1 Å². The highest BCUT2D eigenvalue weighted by Gasteiger charge is 2.29. The second-order valence-corrected chi connectivity index (χ2v) is 4.72. The first-order chi connectivity index (χ1) is 8.13. The Balaban J connectivity index is 2.08. The molecule has 0 bridgehead atoms. The molecular weight excluding hydrogens is 214 g/mol. The summed E-state index contributed by atoms with van der Waals surface area (Å²) in [6, 6.07) is 5.78. The Morgan fingerprint density at radius 3 is 3.06 bits per heavy atom. The van der Waals surface area contributed by atoms with Crippen LogP contribution in [-0.2, 0) is 4.74 Å². The first-order valence-electron chi connectivity index (χ1n) is 5.88. The van der Waals surface area contributed by atoms with Gasteiger partial charge in [0.2, 0.25) is 0 Å². The predicted octanol–water partition coefficient (Wildman–Crippen LogP) is 2.24. The van der Waals surface area contributed by atoms with Crippen LogP contribution in [0.4, 0.5) is 5.82 Å². The summed E-state index contributed by atoms with van der Waals surface area (Å²) >= 11 is 0. The second kappa shape index (κ2) is 4.72. The largest absolute Gasteiger partial charge is 0.373 e. The number of hydrogen-bond donors (Lipinski definition) is 1. The van der Waals surface area contributed by atoms with Crippen LogP contribution in [-0.4, -0.2) is 23.7 Å². The van der Waals surface area contributed by atoms with Crippen molar-refractivity contribution < 1.29 is 4.74 Å². The highest BCUT2D eigenvalue weighted by molar-refractivity contribution is 5.52. The molecule has 1 atom stereocenters. The van der Waals surface area contributed by atoms with E-state index < -0.39 is 0 Å². The molecule has 1 aliphatic heterocycles. The maximum absolute atomic E-state index is 9.00. The molecule has 1 aliphatic rings. The summed E-state index contributed by atoms with van der Waals surface area (Å²) in [6.07, 6.45) is 2.15. The molecule has 1 N–H and O–H groups in total. The van der Waals surface area contributed by atoms with Crippen LogP contribution in [0.1, 0.15) is 31.0 Å². The van der Waals surface area contributed by atoms with E-state index in [9.17, 15) is 0 Å². The van der Waals surface area contributed by atoms with E-state index in [1.54, 1.807) is 6.07 Å². The maximum Gasteiger partial charge on any atom is 0.144 e. The molecule has 1 saturated heterocycles. The minimum atomic E-state index is -0.127. The molecular formula is C13H17N3O. The SMILES string of the molecule is Cc1ccc(C#N)c(NCC2(C)CCCO2)n1. The van der Waals surface area contributed by atoms with Gasteiger partial charge < -0.3 is 10.1 Å². The smallest absolute Gasteiger partial charge is 0.144 e. The van der Waals surface area contributed by atoms with Gasteiger partial charge in [-0.3, -0.25) is 0 Å². The summed E-state index contributed by atoms with van der Waals surface area (Å²) in [4.78, 5) is 4.35. The standard InChI is InChI=1S/C13H17N3O/c1-10-4-5-11(8-14)12(16-10)15-9-13(2)6-3-7-17-13/h4-5H,3,6-7,9H2,1-2H3,(H,15,16). The van der Waals surface area contributed by atoms with Crippen molar-refractivity contribution in [1.29, 1.82) is 5.26 Å². The van der Waals surface area contributed by atoms with Gasteiger partial charge in [-0.1, -0.05) is 0 Å². The van der Waals surface area contributed by atoms with Crippen LogP contribution in [0.25, 0.3) is 0 Å². The molecule has 0 amide bonds. The van der Waals surface area contributed by atoms with Crippen molar-refractivity contribution in [2.45, 2.75) is 32.3 Å². The van der Waals surface area contributed by atoms with Crippen molar-refractivity contribution >= 4 is 5.82 Å². The summed E-state index contributed by atoms with van der Waals surface area (Å²) in [5.41, 5.74) is 1.36. The molecule has 90 valence electrons. The molecule has 0 saturated carbocycles. The molecule has 4 heteroatoms. The van der Waals surface area contributed by atoms with Crippen LogP contribution >= 0.6 is 0 Å². The minimum Gasteiger partial charge on any atom is -0.373 e. The Labute approximate surface area is 102 Å². The van der Waals surface area contributed by atoms with Gasteiger partial charge in [0.1, 0.15) is 11.9 Å². The number of nitriles is 1. The molecule has 1 fully saturated rings. The predicted molar refractivity (Wildman–Crippen MR) is 65.8 cm³/mol. The lowest BCUT2D eigenvalue weighted by atomic mass is 10.0. The first-order valence-corrected chi connectivity index (χ1v) is 5.88. The van der Waals surface area contributed by atoms with E-state index in [4.69, 9.17) is 10.00 Å². The van der Waals surface area contributed by atoms with Crippen molar-refractivity contribution in [3.8, 4) is 6.07 Å². The second-order valence-electron chi connectivity index (χ2n) is 4.72. The van der Waals surface area contributed by atoms with Gasteiger partial charge in [-0.2, -0.15) is 5.26 Å². The highest BCUT2D eigenvalue weighted by Crippen LogP contribution is 2.25. The van der Waals surface area contributed by atoms with Crippen molar-refractivity contribution in [3.05, 3.63) is 23.4 Å². The van der Waals surface area contributed by atoms with Gasteiger partial charge >= 0.3 is 0 Å². The Hall–Kier alpha value is -1.60. The van der Waals surface area contributed by atoms with E-state index in [1.807, 2.05) is 13.0 Å². The third kappa shape index (κ3) is 2.75. The molecule has 1 aromatic rings. The molecule has 2 rings (SSSR count). The lowest BCUT2D eigenvalue weighted by Crippen LogP contribution is -2.33. The molecule has 0 aliphatic carbocycles. The zero-order valence-electron chi connectivity index (χ0n) is 10.3. The van der Waals surface area contributed by atoms with Crippen molar-refractivity contribution in [1.82, 2.24) is 4.98 Å². The van der Waals surface area contributed by atoms with Crippen LogP contribution in [0.15, 0.2) is 12.1 Å². The van der Waals surface area contributed by atoms with Crippen molar-refractivity contribution in [3.63, 3.8) is 0 Å². The van der Waals surface area contributed by atoms with E-state index in [1.165, 1.54) is 0 Å². The number of ether oxygens (including phenoxy) is 1. The lowest BCUT2D eigenvalue weighted by Gasteiger charge is -2.24. The molecule has 1 unspecified atom stereocenters. The Morgan fingerprint density at radius 2 is 2.41 bits per heavy atom. The minimum absolute atomic E-state index is 0.127. The van der Waals surface area contributed by atoms with Crippen LogP contribution in [0.2, 0.25) is 0 Å². The van der Waals surface area contributed by atoms with E-state index in [-0.39, 0.29) is 5.60 Å². The molecule has 0 spiro atoms. The number of aryl methyl sites for hydroxylation is 1. The molecule has 17 heavy (non-hydrogen) atoms. The zero-order valence-corrected chi connectivity index (χ0v) is 10.3. The first kappa shape index (κ1) is 11.9. The van der Waals surface area contributed by atoms with Crippen molar-refractivity contribution in [2.24, 2.45) is 0 Å². The third-order valence-electron chi connectivity index (χ3n) is 3.09. The summed E-state index contributed by atoms with van der Waals surface area (Å²) < 4.78 is 5.69. The normalized spacial score (nSPS) is 23.4. The fraction of sp³-hybridized carbons (Fsp3) is 0.538. The topological polar surface area (TPSA) is 57.9 Å². The number of nitrogens with zero attached hydrogens (tertiary/aromatic N) is 2. The quantitative estimate of drug-likeness (QED) is 0.866. The van der Waals surface area contributed by atoms with E-state index in [2.05, 4.69) is 23.3 Å². The lowest BCUT2D eigenvalue weighted by molar-refractivity contribution is 0.0314. The van der Waals surface area contributed by atoms with E-state index in [0.29, 0.717) is 17.9 Å². The third-order valence-corrected chi connectivity index (χ3v) is 3.09. The van der Waals surface area contributed by atoms with Gasteiger partial charge in [-0.25, -0.2) is 4.98 Å². The fourth-order valence-electron chi connectivity index (χ4n) is 2.03. The van der Waals surface area contributed by atoms with Gasteiger partial charge in [0.25, 0.3) is 0 Å². The van der Waals surface area contributed by atoms with E-state index >= 15 is 0 Å². The number of anilines is 1. The zero-order chi connectivity index (χ0) is 12.3. The van der Waals surface area contributed by atoms with Crippen LogP contribution < -0.4 is 5.32 Å². The number of hydrogen-bond acceptors (Lipinski definition) is 4. The Kier molecular flexibility index (Phi) is 3.30. The van der Waals surface area contributed by atoms with Gasteiger partial charge in [0, 0.05) is 18.8 Å². The number of nitrogens with one attached hydrogen (secondary N) is 1. The average Bonchev–Trinajstić information content (AvgIpc) is 2.74. The molecule has 4 nitrogen and oxygen atoms in total. The van der Waals surface area contributed by atoms with Crippen LogP contribution in [0, 0.1) is 18.3 Å². The maximum atomic E-state index is 9.00. The van der Waals surface area contributed by atoms with Crippen LogP contribution in [0.3, 0.4) is 0 Å². The highest BCUT2D eigenvalue weighted by atomic mass is 16.5. The summed E-state index contributed by atoms with van der Waals surface area (Å²) in [7, 11) is 0. The summed E-state index contributed by atoms with van der Waals surface area (Å²) in [5.74, 6) is 0.657. The molecule has 0 aromatic carbocycles.